The van der Waals surface area contributed by atoms with Gasteiger partial charge in [-0.2, -0.15) is 0 Å². The van der Waals surface area contributed by atoms with Gasteiger partial charge in [0.05, 0.1) is 12.0 Å². The number of rotatable bonds is 1. The van der Waals surface area contributed by atoms with Crippen LogP contribution in [0.4, 0.5) is 0 Å². The lowest BCUT2D eigenvalue weighted by Crippen LogP contribution is -2.21. The van der Waals surface area contributed by atoms with Gasteiger partial charge >= 0.3 is 0 Å². The molecule has 96 valence electrons. The van der Waals surface area contributed by atoms with Gasteiger partial charge in [-0.15, -0.1) is 0 Å². The molecule has 0 amide bonds. The quantitative estimate of drug-likeness (QED) is 0.801. The molecule has 0 bridgehead atoms. The third kappa shape index (κ3) is 2.28. The molecule has 0 N–H and O–H groups in total. The van der Waals surface area contributed by atoms with E-state index in [0.29, 0.717) is 17.7 Å². The van der Waals surface area contributed by atoms with E-state index in [1.807, 2.05) is 25.1 Å². The maximum Gasteiger partial charge on any atom is 0.170 e. The molecule has 0 aliphatic carbocycles. The summed E-state index contributed by atoms with van der Waals surface area (Å²) in [7, 11) is 0. The van der Waals surface area contributed by atoms with Crippen LogP contribution in [0.1, 0.15) is 34.0 Å². The Kier molecular flexibility index (Phi) is 3.11. The van der Waals surface area contributed by atoms with Gasteiger partial charge in [0, 0.05) is 22.4 Å². The molecule has 0 saturated heterocycles. The second-order valence-corrected chi connectivity index (χ2v) is 5.52. The number of hydrogen-bond donors (Lipinski definition) is 0. The molecule has 1 aliphatic rings. The molecule has 0 radical (unpaired) electrons. The lowest BCUT2D eigenvalue weighted by Gasteiger charge is -2.26. The van der Waals surface area contributed by atoms with Crippen molar-refractivity contribution < 1.29 is 9.53 Å². The van der Waals surface area contributed by atoms with Crippen molar-refractivity contribution in [3.8, 4) is 5.75 Å². The highest BCUT2D eigenvalue weighted by Crippen LogP contribution is 2.36. The standard InChI is InChI=1S/C15H12BrNO2/c1-9-4-5-17-8-12(9)15-7-13(18)11-3-2-10(16)6-14(11)19-15/h2-6,8,15H,7H2,1H3. The first-order valence-electron chi connectivity index (χ1n) is 6.05. The van der Waals surface area contributed by atoms with Crippen LogP contribution in [0.25, 0.3) is 0 Å². The Hall–Kier alpha value is -1.68. The number of Topliss-reactive ketones (excluding diaryl/α,β-unsaturated/α-hetero) is 1. The Morgan fingerprint density at radius 2 is 2.21 bits per heavy atom. The number of ether oxygens (including phenoxy) is 1. The minimum atomic E-state index is -0.247. The van der Waals surface area contributed by atoms with E-state index in [4.69, 9.17) is 4.74 Å². The number of aromatic nitrogens is 1. The van der Waals surface area contributed by atoms with E-state index >= 15 is 0 Å². The van der Waals surface area contributed by atoms with Gasteiger partial charge in [0.1, 0.15) is 11.9 Å². The van der Waals surface area contributed by atoms with Gasteiger partial charge in [-0.1, -0.05) is 15.9 Å². The average Bonchev–Trinajstić information content (AvgIpc) is 2.38. The number of carbonyl (C=O) groups excluding carboxylic acids is 1. The molecule has 0 saturated carbocycles. The predicted molar refractivity (Wildman–Crippen MR) is 75.4 cm³/mol. The second-order valence-electron chi connectivity index (χ2n) is 4.61. The first-order chi connectivity index (χ1) is 9.15. The van der Waals surface area contributed by atoms with E-state index in [1.165, 1.54) is 0 Å². The lowest BCUT2D eigenvalue weighted by atomic mass is 9.95. The first-order valence-corrected chi connectivity index (χ1v) is 6.84. The maximum atomic E-state index is 12.2. The van der Waals surface area contributed by atoms with Gasteiger partial charge in [-0.25, -0.2) is 0 Å². The van der Waals surface area contributed by atoms with Crippen molar-refractivity contribution in [3.63, 3.8) is 0 Å². The highest BCUT2D eigenvalue weighted by molar-refractivity contribution is 9.10. The van der Waals surface area contributed by atoms with Crippen molar-refractivity contribution in [1.82, 2.24) is 4.98 Å². The van der Waals surface area contributed by atoms with Crippen LogP contribution in [0.2, 0.25) is 0 Å². The lowest BCUT2D eigenvalue weighted by molar-refractivity contribution is 0.0849. The van der Waals surface area contributed by atoms with Gasteiger partial charge in [-0.3, -0.25) is 9.78 Å². The van der Waals surface area contributed by atoms with Gasteiger partial charge in [0.2, 0.25) is 0 Å². The first kappa shape index (κ1) is 12.4. The zero-order chi connectivity index (χ0) is 13.4. The Bertz CT molecular complexity index is 654. The summed E-state index contributed by atoms with van der Waals surface area (Å²) in [5.41, 5.74) is 2.72. The van der Waals surface area contributed by atoms with Gasteiger partial charge in [0.25, 0.3) is 0 Å². The number of halogens is 1. The molecule has 2 aromatic rings. The number of aryl methyl sites for hydroxylation is 1. The molecule has 1 aliphatic heterocycles. The minimum absolute atomic E-state index is 0.113. The Morgan fingerprint density at radius 1 is 1.37 bits per heavy atom. The van der Waals surface area contributed by atoms with Gasteiger partial charge in [0.15, 0.2) is 5.78 Å². The SMILES string of the molecule is Cc1ccncc1C1CC(=O)c2ccc(Br)cc2O1. The van der Waals surface area contributed by atoms with Crippen LogP contribution in [0.3, 0.4) is 0 Å². The molecule has 0 spiro atoms. The predicted octanol–water partition coefficient (Wildman–Crippen LogP) is 3.86. The molecule has 3 rings (SSSR count). The monoisotopic (exact) mass is 317 g/mol. The zero-order valence-electron chi connectivity index (χ0n) is 10.4. The molecule has 1 atom stereocenters. The van der Waals surface area contributed by atoms with Crippen molar-refractivity contribution in [2.24, 2.45) is 0 Å². The van der Waals surface area contributed by atoms with Crippen molar-refractivity contribution in [2.45, 2.75) is 19.4 Å². The summed E-state index contributed by atoms with van der Waals surface area (Å²) < 4.78 is 6.86. The largest absolute Gasteiger partial charge is 0.484 e. The molecule has 4 heteroatoms. The highest BCUT2D eigenvalue weighted by Gasteiger charge is 2.28. The third-order valence-corrected chi connectivity index (χ3v) is 3.80. The smallest absolute Gasteiger partial charge is 0.170 e. The summed E-state index contributed by atoms with van der Waals surface area (Å²) in [5.74, 6) is 0.751. The molecular weight excluding hydrogens is 306 g/mol. The molecule has 1 aromatic carbocycles. The van der Waals surface area contributed by atoms with Crippen LogP contribution in [-0.2, 0) is 0 Å². The van der Waals surface area contributed by atoms with Gasteiger partial charge in [-0.05, 0) is 36.8 Å². The van der Waals surface area contributed by atoms with Crippen LogP contribution in [-0.4, -0.2) is 10.8 Å². The average molecular weight is 318 g/mol. The summed E-state index contributed by atoms with van der Waals surface area (Å²) in [4.78, 5) is 16.3. The fourth-order valence-corrected chi connectivity index (χ4v) is 2.62. The summed E-state index contributed by atoms with van der Waals surface area (Å²) in [6, 6.07) is 7.43. The van der Waals surface area contributed by atoms with Crippen LogP contribution in [0.15, 0.2) is 41.1 Å². The molecule has 19 heavy (non-hydrogen) atoms. The topological polar surface area (TPSA) is 39.2 Å². The van der Waals surface area contributed by atoms with E-state index in [2.05, 4.69) is 20.9 Å². The number of nitrogens with zero attached hydrogens (tertiary/aromatic N) is 1. The number of ketones is 1. The van der Waals surface area contributed by atoms with Crippen molar-refractivity contribution in [1.29, 1.82) is 0 Å². The number of benzene rings is 1. The number of fused-ring (bicyclic) bond motifs is 1. The van der Waals surface area contributed by atoms with Crippen molar-refractivity contribution in [2.75, 3.05) is 0 Å². The molecule has 1 aromatic heterocycles. The molecule has 0 fully saturated rings. The Labute approximate surface area is 119 Å². The number of pyridine rings is 1. The maximum absolute atomic E-state index is 12.2. The van der Waals surface area contributed by atoms with E-state index in [1.54, 1.807) is 18.5 Å². The van der Waals surface area contributed by atoms with E-state index in [0.717, 1.165) is 15.6 Å². The summed E-state index contributed by atoms with van der Waals surface area (Å²) in [6.07, 6.45) is 3.63. The Balaban J connectivity index is 2.01. The molecule has 2 heterocycles. The minimum Gasteiger partial charge on any atom is -0.484 e. The third-order valence-electron chi connectivity index (χ3n) is 3.31. The van der Waals surface area contributed by atoms with E-state index in [-0.39, 0.29) is 11.9 Å². The van der Waals surface area contributed by atoms with Crippen LogP contribution >= 0.6 is 15.9 Å². The van der Waals surface area contributed by atoms with E-state index in [9.17, 15) is 4.79 Å². The van der Waals surface area contributed by atoms with Crippen molar-refractivity contribution >= 4 is 21.7 Å². The van der Waals surface area contributed by atoms with Crippen LogP contribution < -0.4 is 4.74 Å². The molecular formula is C15H12BrNO2. The van der Waals surface area contributed by atoms with Gasteiger partial charge < -0.3 is 4.74 Å². The van der Waals surface area contributed by atoms with Crippen LogP contribution in [0.5, 0.6) is 5.75 Å². The number of hydrogen-bond acceptors (Lipinski definition) is 3. The summed E-state index contributed by atoms with van der Waals surface area (Å²) in [6.45, 7) is 2.00. The zero-order valence-corrected chi connectivity index (χ0v) is 12.0. The summed E-state index contributed by atoms with van der Waals surface area (Å²) in [5, 5.41) is 0. The second kappa shape index (κ2) is 4.78. The molecule has 3 nitrogen and oxygen atoms in total. The fraction of sp³-hybridized carbons (Fsp3) is 0.200. The fourth-order valence-electron chi connectivity index (χ4n) is 2.28. The van der Waals surface area contributed by atoms with E-state index < -0.39 is 0 Å². The highest BCUT2D eigenvalue weighted by atomic mass is 79.9. The van der Waals surface area contributed by atoms with Crippen molar-refractivity contribution in [3.05, 3.63) is 57.8 Å². The summed E-state index contributed by atoms with van der Waals surface area (Å²) >= 11 is 3.40. The molecule has 1 unspecified atom stereocenters. The van der Waals surface area contributed by atoms with Crippen LogP contribution in [0, 0.1) is 6.92 Å². The number of carbonyl (C=O) groups is 1. The normalized spacial score (nSPS) is 17.8. The Morgan fingerprint density at radius 3 is 3.00 bits per heavy atom.